The van der Waals surface area contributed by atoms with Gasteiger partial charge in [0.05, 0.1) is 0 Å². The van der Waals surface area contributed by atoms with Crippen LogP contribution >= 0.6 is 0 Å². The molecule has 0 heterocycles. The molecule has 0 spiro atoms. The van der Waals surface area contributed by atoms with E-state index in [2.05, 4.69) is 0 Å². The van der Waals surface area contributed by atoms with E-state index < -0.39 is 11.7 Å². The molecule has 0 unspecified atom stereocenters. The van der Waals surface area contributed by atoms with Gasteiger partial charge >= 0.3 is 6.09 Å². The van der Waals surface area contributed by atoms with E-state index in [-0.39, 0.29) is 6.04 Å². The molecule has 72 valence electrons. The lowest BCUT2D eigenvalue weighted by molar-refractivity contribution is 0.0366. The third kappa shape index (κ3) is 5.97. The summed E-state index contributed by atoms with van der Waals surface area (Å²) in [5.74, 6) is 0. The molecule has 0 aliphatic rings. The molecule has 0 aliphatic heterocycles. The summed E-state index contributed by atoms with van der Waals surface area (Å²) in [5.41, 5.74) is 9.95. The van der Waals surface area contributed by atoms with Gasteiger partial charge in [0.25, 0.3) is 0 Å². The standard InChI is InChI=1S/C8H18N2O2/c1-6(9)4-5-8(2,3)12-7(10)11/h6H,4-5,9H2,1-3H3,(H2,10,11)/t6-/m0/s1. The van der Waals surface area contributed by atoms with Crippen molar-refractivity contribution in [2.45, 2.75) is 45.3 Å². The first kappa shape index (κ1) is 11.2. The maximum atomic E-state index is 10.4. The molecule has 1 atom stereocenters. The summed E-state index contributed by atoms with van der Waals surface area (Å²) in [6, 6.07) is 0.126. The number of primary amides is 1. The molecule has 0 rings (SSSR count). The summed E-state index contributed by atoms with van der Waals surface area (Å²) in [5, 5.41) is 0. The number of hydrogen-bond donors (Lipinski definition) is 2. The van der Waals surface area contributed by atoms with Gasteiger partial charge in [0.1, 0.15) is 5.60 Å². The summed E-state index contributed by atoms with van der Waals surface area (Å²) in [6.07, 6.45) is 0.818. The Labute approximate surface area is 73.2 Å². The number of amides is 1. The van der Waals surface area contributed by atoms with Crippen LogP contribution in [-0.2, 0) is 4.74 Å². The zero-order valence-corrected chi connectivity index (χ0v) is 7.96. The first-order valence-electron chi connectivity index (χ1n) is 4.07. The van der Waals surface area contributed by atoms with Gasteiger partial charge in [-0.15, -0.1) is 0 Å². The van der Waals surface area contributed by atoms with Crippen LogP contribution in [0, 0.1) is 0 Å². The number of nitrogens with two attached hydrogens (primary N) is 2. The van der Waals surface area contributed by atoms with Crippen LogP contribution in [0.15, 0.2) is 0 Å². The van der Waals surface area contributed by atoms with Gasteiger partial charge in [0.15, 0.2) is 0 Å². The predicted octanol–water partition coefficient (Wildman–Crippen LogP) is 0.988. The Kier molecular flexibility index (Phi) is 4.03. The first-order valence-corrected chi connectivity index (χ1v) is 4.07. The molecule has 0 fully saturated rings. The van der Waals surface area contributed by atoms with Gasteiger partial charge in [-0.1, -0.05) is 0 Å². The normalized spacial score (nSPS) is 14.0. The van der Waals surface area contributed by atoms with E-state index in [1.165, 1.54) is 0 Å². The van der Waals surface area contributed by atoms with Crippen LogP contribution in [0.4, 0.5) is 4.79 Å². The highest BCUT2D eigenvalue weighted by Gasteiger charge is 2.21. The van der Waals surface area contributed by atoms with Crippen molar-refractivity contribution in [1.82, 2.24) is 0 Å². The summed E-state index contributed by atoms with van der Waals surface area (Å²) in [4.78, 5) is 10.4. The van der Waals surface area contributed by atoms with Gasteiger partial charge in [-0.25, -0.2) is 4.79 Å². The molecular formula is C8H18N2O2. The number of carbonyl (C=O) groups excluding carboxylic acids is 1. The van der Waals surface area contributed by atoms with Crippen molar-refractivity contribution in [2.24, 2.45) is 11.5 Å². The highest BCUT2D eigenvalue weighted by atomic mass is 16.6. The molecule has 0 bridgehead atoms. The highest BCUT2D eigenvalue weighted by molar-refractivity contribution is 5.65. The predicted molar refractivity (Wildman–Crippen MR) is 47.6 cm³/mol. The minimum absolute atomic E-state index is 0.126. The SMILES string of the molecule is C[C@H](N)CCC(C)(C)OC(N)=O. The molecule has 0 saturated carbocycles. The molecular weight excluding hydrogens is 156 g/mol. The monoisotopic (exact) mass is 174 g/mol. The summed E-state index contributed by atoms with van der Waals surface area (Å²) in [6.45, 7) is 5.56. The van der Waals surface area contributed by atoms with Crippen molar-refractivity contribution < 1.29 is 9.53 Å². The Bertz CT molecular complexity index is 155. The number of ether oxygens (including phenoxy) is 1. The Morgan fingerprint density at radius 1 is 1.58 bits per heavy atom. The van der Waals surface area contributed by atoms with E-state index in [1.807, 2.05) is 20.8 Å². The van der Waals surface area contributed by atoms with Crippen LogP contribution in [0.25, 0.3) is 0 Å². The van der Waals surface area contributed by atoms with Crippen LogP contribution < -0.4 is 11.5 Å². The second-order valence-corrected chi connectivity index (χ2v) is 3.70. The molecule has 4 heteroatoms. The third-order valence-corrected chi connectivity index (χ3v) is 1.58. The molecule has 1 amide bonds. The number of carbonyl (C=O) groups is 1. The van der Waals surface area contributed by atoms with Crippen molar-refractivity contribution in [1.29, 1.82) is 0 Å². The molecule has 0 saturated heterocycles. The van der Waals surface area contributed by atoms with Crippen molar-refractivity contribution in [3.8, 4) is 0 Å². The van der Waals surface area contributed by atoms with Crippen LogP contribution in [-0.4, -0.2) is 17.7 Å². The lowest BCUT2D eigenvalue weighted by Crippen LogP contribution is -2.32. The summed E-state index contributed by atoms with van der Waals surface area (Å²) in [7, 11) is 0. The van der Waals surface area contributed by atoms with E-state index in [0.29, 0.717) is 0 Å². The van der Waals surface area contributed by atoms with Gasteiger partial charge < -0.3 is 16.2 Å². The van der Waals surface area contributed by atoms with Gasteiger partial charge in [-0.05, 0) is 33.6 Å². The fourth-order valence-electron chi connectivity index (χ4n) is 0.899. The number of rotatable bonds is 4. The zero-order chi connectivity index (χ0) is 9.78. The van der Waals surface area contributed by atoms with E-state index >= 15 is 0 Å². The van der Waals surface area contributed by atoms with Crippen molar-refractivity contribution in [3.63, 3.8) is 0 Å². The second-order valence-electron chi connectivity index (χ2n) is 3.70. The van der Waals surface area contributed by atoms with Crippen LogP contribution in [0.5, 0.6) is 0 Å². The fourth-order valence-corrected chi connectivity index (χ4v) is 0.899. The summed E-state index contributed by atoms with van der Waals surface area (Å²) < 4.78 is 4.87. The second kappa shape index (κ2) is 4.30. The molecule has 4 N–H and O–H groups in total. The van der Waals surface area contributed by atoms with E-state index in [4.69, 9.17) is 16.2 Å². The Morgan fingerprint density at radius 2 is 2.08 bits per heavy atom. The zero-order valence-electron chi connectivity index (χ0n) is 7.96. The number of hydrogen-bond acceptors (Lipinski definition) is 3. The molecule has 0 aromatic heterocycles. The lowest BCUT2D eigenvalue weighted by atomic mass is 10.00. The molecule has 12 heavy (non-hydrogen) atoms. The van der Waals surface area contributed by atoms with Crippen molar-refractivity contribution >= 4 is 6.09 Å². The molecule has 0 aliphatic carbocycles. The first-order chi connectivity index (χ1) is 5.33. The maximum Gasteiger partial charge on any atom is 0.405 e. The lowest BCUT2D eigenvalue weighted by Gasteiger charge is -2.24. The average Bonchev–Trinajstić information content (AvgIpc) is 1.81. The minimum atomic E-state index is -0.732. The van der Waals surface area contributed by atoms with Crippen molar-refractivity contribution in [3.05, 3.63) is 0 Å². The van der Waals surface area contributed by atoms with E-state index in [1.54, 1.807) is 0 Å². The molecule has 0 aromatic carbocycles. The molecule has 4 nitrogen and oxygen atoms in total. The van der Waals surface area contributed by atoms with Gasteiger partial charge in [-0.3, -0.25) is 0 Å². The Hall–Kier alpha value is -0.770. The molecule has 0 aromatic rings. The van der Waals surface area contributed by atoms with Gasteiger partial charge in [-0.2, -0.15) is 0 Å². The average molecular weight is 174 g/mol. The quantitative estimate of drug-likeness (QED) is 0.667. The van der Waals surface area contributed by atoms with Crippen LogP contribution in [0.1, 0.15) is 33.6 Å². The Morgan fingerprint density at radius 3 is 2.42 bits per heavy atom. The summed E-state index contributed by atoms with van der Waals surface area (Å²) >= 11 is 0. The van der Waals surface area contributed by atoms with E-state index in [0.717, 1.165) is 12.8 Å². The van der Waals surface area contributed by atoms with Gasteiger partial charge in [0, 0.05) is 6.04 Å². The fraction of sp³-hybridized carbons (Fsp3) is 0.875. The minimum Gasteiger partial charge on any atom is -0.444 e. The smallest absolute Gasteiger partial charge is 0.405 e. The van der Waals surface area contributed by atoms with E-state index in [9.17, 15) is 4.79 Å². The maximum absolute atomic E-state index is 10.4. The molecule has 0 radical (unpaired) electrons. The Balaban J connectivity index is 3.78. The topological polar surface area (TPSA) is 78.3 Å². The van der Waals surface area contributed by atoms with Gasteiger partial charge in [0.2, 0.25) is 0 Å². The van der Waals surface area contributed by atoms with Crippen LogP contribution in [0.3, 0.4) is 0 Å². The highest BCUT2D eigenvalue weighted by Crippen LogP contribution is 2.17. The largest absolute Gasteiger partial charge is 0.444 e. The van der Waals surface area contributed by atoms with Crippen LogP contribution in [0.2, 0.25) is 0 Å². The van der Waals surface area contributed by atoms with Crippen molar-refractivity contribution in [2.75, 3.05) is 0 Å². The third-order valence-electron chi connectivity index (χ3n) is 1.58.